The minimum Gasteiger partial charge on any atom is -0.399 e. The molecule has 3 N–H and O–H groups in total. The summed E-state index contributed by atoms with van der Waals surface area (Å²) >= 11 is 0. The molecule has 1 heterocycles. The summed E-state index contributed by atoms with van der Waals surface area (Å²) in [6.07, 6.45) is 4.47. The number of hydrogen-bond acceptors (Lipinski definition) is 3. The number of aliphatic hydroxyl groups is 1. The SMILES string of the molecule is Cc1cc(N)ccc1N1CCCC1CCCO. The van der Waals surface area contributed by atoms with E-state index in [-0.39, 0.29) is 0 Å². The lowest BCUT2D eigenvalue weighted by atomic mass is 10.1. The van der Waals surface area contributed by atoms with Crippen molar-refractivity contribution in [3.8, 4) is 0 Å². The fraction of sp³-hybridized carbons (Fsp3) is 0.571. The Morgan fingerprint density at radius 3 is 3.00 bits per heavy atom. The number of aryl methyl sites for hydroxylation is 1. The number of nitrogen functional groups attached to an aromatic ring is 1. The molecule has 94 valence electrons. The summed E-state index contributed by atoms with van der Waals surface area (Å²) < 4.78 is 0. The topological polar surface area (TPSA) is 49.5 Å². The fourth-order valence-electron chi connectivity index (χ4n) is 2.78. The summed E-state index contributed by atoms with van der Waals surface area (Å²) in [5, 5.41) is 8.94. The zero-order valence-corrected chi connectivity index (χ0v) is 10.5. The molecule has 0 bridgehead atoms. The summed E-state index contributed by atoms with van der Waals surface area (Å²) in [5.41, 5.74) is 9.18. The predicted molar refractivity (Wildman–Crippen MR) is 72.3 cm³/mol. The second kappa shape index (κ2) is 5.41. The van der Waals surface area contributed by atoms with Gasteiger partial charge in [-0.2, -0.15) is 0 Å². The van der Waals surface area contributed by atoms with Gasteiger partial charge >= 0.3 is 0 Å². The van der Waals surface area contributed by atoms with Crippen LogP contribution in [-0.4, -0.2) is 24.3 Å². The second-order valence-corrected chi connectivity index (χ2v) is 4.90. The highest BCUT2D eigenvalue weighted by atomic mass is 16.2. The molecular weight excluding hydrogens is 212 g/mol. The Balaban J connectivity index is 2.14. The van der Waals surface area contributed by atoms with Crippen molar-refractivity contribution in [3.05, 3.63) is 23.8 Å². The Hall–Kier alpha value is -1.22. The molecule has 0 saturated carbocycles. The Bertz CT molecular complexity index is 378. The molecule has 1 unspecified atom stereocenters. The van der Waals surface area contributed by atoms with E-state index in [1.165, 1.54) is 24.1 Å². The van der Waals surface area contributed by atoms with Gasteiger partial charge in [0.1, 0.15) is 0 Å². The minimum atomic E-state index is 0.297. The van der Waals surface area contributed by atoms with Crippen molar-refractivity contribution in [2.75, 3.05) is 23.8 Å². The Kier molecular flexibility index (Phi) is 3.89. The average Bonchev–Trinajstić information content (AvgIpc) is 2.74. The van der Waals surface area contributed by atoms with E-state index in [0.29, 0.717) is 12.6 Å². The van der Waals surface area contributed by atoms with Crippen molar-refractivity contribution in [3.63, 3.8) is 0 Å². The van der Waals surface area contributed by atoms with Crippen LogP contribution in [0.4, 0.5) is 11.4 Å². The van der Waals surface area contributed by atoms with Crippen LogP contribution in [0.15, 0.2) is 18.2 Å². The number of rotatable bonds is 4. The molecule has 0 aliphatic carbocycles. The molecule has 1 atom stereocenters. The third-order valence-electron chi connectivity index (χ3n) is 3.60. The lowest BCUT2D eigenvalue weighted by Crippen LogP contribution is -2.29. The molecule has 1 aromatic rings. The first-order valence-corrected chi connectivity index (χ1v) is 6.46. The van der Waals surface area contributed by atoms with Gasteiger partial charge in [-0.15, -0.1) is 0 Å². The van der Waals surface area contributed by atoms with Gasteiger partial charge in [-0.25, -0.2) is 0 Å². The molecule has 0 amide bonds. The van der Waals surface area contributed by atoms with E-state index in [4.69, 9.17) is 10.8 Å². The van der Waals surface area contributed by atoms with Crippen molar-refractivity contribution in [2.24, 2.45) is 0 Å². The third kappa shape index (κ3) is 2.72. The van der Waals surface area contributed by atoms with Crippen LogP contribution in [0, 0.1) is 6.92 Å². The van der Waals surface area contributed by atoms with Crippen LogP contribution < -0.4 is 10.6 Å². The number of nitrogens with zero attached hydrogens (tertiary/aromatic N) is 1. The maximum atomic E-state index is 8.94. The van der Waals surface area contributed by atoms with Gasteiger partial charge < -0.3 is 15.7 Å². The lowest BCUT2D eigenvalue weighted by molar-refractivity contribution is 0.279. The second-order valence-electron chi connectivity index (χ2n) is 4.90. The number of aliphatic hydroxyl groups excluding tert-OH is 1. The summed E-state index contributed by atoms with van der Waals surface area (Å²) in [5.74, 6) is 0. The van der Waals surface area contributed by atoms with E-state index in [2.05, 4.69) is 17.9 Å². The fourth-order valence-corrected chi connectivity index (χ4v) is 2.78. The smallest absolute Gasteiger partial charge is 0.0431 e. The van der Waals surface area contributed by atoms with E-state index in [9.17, 15) is 0 Å². The maximum Gasteiger partial charge on any atom is 0.0431 e. The Morgan fingerprint density at radius 2 is 2.29 bits per heavy atom. The normalized spacial score (nSPS) is 19.9. The van der Waals surface area contributed by atoms with Crippen LogP contribution in [0.1, 0.15) is 31.2 Å². The maximum absolute atomic E-state index is 8.94. The highest BCUT2D eigenvalue weighted by Gasteiger charge is 2.24. The lowest BCUT2D eigenvalue weighted by Gasteiger charge is -2.28. The predicted octanol–water partition coefficient (Wildman–Crippen LogP) is 2.32. The summed E-state index contributed by atoms with van der Waals surface area (Å²) in [6.45, 7) is 3.54. The molecule has 3 heteroatoms. The minimum absolute atomic E-state index is 0.297. The average molecular weight is 234 g/mol. The van der Waals surface area contributed by atoms with E-state index < -0.39 is 0 Å². The van der Waals surface area contributed by atoms with Gasteiger partial charge in [0.2, 0.25) is 0 Å². The molecule has 0 aromatic heterocycles. The molecule has 1 saturated heterocycles. The molecule has 0 spiro atoms. The largest absolute Gasteiger partial charge is 0.399 e. The molecule has 2 rings (SSSR count). The van der Waals surface area contributed by atoms with Crippen molar-refractivity contribution < 1.29 is 5.11 Å². The van der Waals surface area contributed by atoms with E-state index in [0.717, 1.165) is 25.1 Å². The molecular formula is C14H22N2O. The van der Waals surface area contributed by atoms with Gasteiger partial charge in [0.05, 0.1) is 0 Å². The molecule has 17 heavy (non-hydrogen) atoms. The zero-order chi connectivity index (χ0) is 12.3. The van der Waals surface area contributed by atoms with E-state index in [1.54, 1.807) is 0 Å². The van der Waals surface area contributed by atoms with Crippen molar-refractivity contribution >= 4 is 11.4 Å². The zero-order valence-electron chi connectivity index (χ0n) is 10.5. The molecule has 1 aliphatic heterocycles. The number of hydrogen-bond donors (Lipinski definition) is 2. The summed E-state index contributed by atoms with van der Waals surface area (Å²) in [4.78, 5) is 2.48. The van der Waals surface area contributed by atoms with Crippen LogP contribution in [-0.2, 0) is 0 Å². The first-order valence-electron chi connectivity index (χ1n) is 6.46. The third-order valence-corrected chi connectivity index (χ3v) is 3.60. The first-order chi connectivity index (χ1) is 8.22. The van der Waals surface area contributed by atoms with Gasteiger partial charge in [-0.05, 0) is 56.4 Å². The summed E-state index contributed by atoms with van der Waals surface area (Å²) in [6, 6.07) is 6.73. The first kappa shape index (κ1) is 12.2. The Labute approximate surface area is 103 Å². The molecule has 3 nitrogen and oxygen atoms in total. The van der Waals surface area contributed by atoms with Crippen molar-refractivity contribution in [2.45, 2.75) is 38.6 Å². The number of anilines is 2. The highest BCUT2D eigenvalue weighted by molar-refractivity contribution is 5.60. The van der Waals surface area contributed by atoms with Crippen LogP contribution >= 0.6 is 0 Å². The molecule has 1 fully saturated rings. The van der Waals surface area contributed by atoms with Crippen LogP contribution in [0.3, 0.4) is 0 Å². The van der Waals surface area contributed by atoms with Gasteiger partial charge in [0.25, 0.3) is 0 Å². The monoisotopic (exact) mass is 234 g/mol. The standard InChI is InChI=1S/C14H22N2O/c1-11-10-12(15)6-7-14(11)16-8-2-4-13(16)5-3-9-17/h6-7,10,13,17H,2-5,8-9,15H2,1H3. The highest BCUT2D eigenvalue weighted by Crippen LogP contribution is 2.31. The summed E-state index contributed by atoms with van der Waals surface area (Å²) in [7, 11) is 0. The van der Waals surface area contributed by atoms with Gasteiger partial charge in [0.15, 0.2) is 0 Å². The van der Waals surface area contributed by atoms with Crippen LogP contribution in [0.25, 0.3) is 0 Å². The Morgan fingerprint density at radius 1 is 1.47 bits per heavy atom. The number of nitrogens with two attached hydrogens (primary N) is 1. The van der Waals surface area contributed by atoms with E-state index in [1.807, 2.05) is 12.1 Å². The molecule has 0 radical (unpaired) electrons. The quantitative estimate of drug-likeness (QED) is 0.786. The van der Waals surface area contributed by atoms with Gasteiger partial charge in [-0.1, -0.05) is 0 Å². The van der Waals surface area contributed by atoms with Crippen LogP contribution in [0.2, 0.25) is 0 Å². The molecule has 1 aromatic carbocycles. The van der Waals surface area contributed by atoms with E-state index >= 15 is 0 Å². The van der Waals surface area contributed by atoms with Gasteiger partial charge in [0, 0.05) is 30.6 Å². The van der Waals surface area contributed by atoms with Gasteiger partial charge in [-0.3, -0.25) is 0 Å². The van der Waals surface area contributed by atoms with Crippen molar-refractivity contribution in [1.82, 2.24) is 0 Å². The number of benzene rings is 1. The van der Waals surface area contributed by atoms with Crippen LogP contribution in [0.5, 0.6) is 0 Å². The van der Waals surface area contributed by atoms with Crippen molar-refractivity contribution in [1.29, 1.82) is 0 Å². The molecule has 1 aliphatic rings.